The van der Waals surface area contributed by atoms with Crippen LogP contribution in [-0.4, -0.2) is 22.7 Å². The van der Waals surface area contributed by atoms with E-state index in [-0.39, 0.29) is 11.9 Å². The van der Waals surface area contributed by atoms with Crippen molar-refractivity contribution in [2.75, 3.05) is 0 Å². The Morgan fingerprint density at radius 1 is 1.70 bits per heavy atom. The molecule has 10 heavy (non-hydrogen) atoms. The summed E-state index contributed by atoms with van der Waals surface area (Å²) in [6.07, 6.45) is 1.30. The van der Waals surface area contributed by atoms with E-state index in [4.69, 9.17) is 0 Å². The van der Waals surface area contributed by atoms with E-state index in [1.165, 1.54) is 0 Å². The molecule has 0 aromatic heterocycles. The van der Waals surface area contributed by atoms with Crippen LogP contribution in [0.1, 0.15) is 26.7 Å². The first-order chi connectivity index (χ1) is 4.50. The quantitative estimate of drug-likeness (QED) is 0.544. The highest BCUT2D eigenvalue weighted by molar-refractivity contribution is 5.78. The molecule has 1 atom stereocenters. The smallest absolute Gasteiger partial charge is 0.220 e. The van der Waals surface area contributed by atoms with Crippen LogP contribution in [0.25, 0.3) is 0 Å². The monoisotopic (exact) mass is 143 g/mol. The fourth-order valence-corrected chi connectivity index (χ4v) is 1.14. The van der Waals surface area contributed by atoms with Crippen molar-refractivity contribution in [3.8, 4) is 0 Å². The fourth-order valence-electron chi connectivity index (χ4n) is 1.14. The summed E-state index contributed by atoms with van der Waals surface area (Å²) in [5.41, 5.74) is -0.772. The lowest BCUT2D eigenvalue weighted by molar-refractivity contribution is -0.120. The highest BCUT2D eigenvalue weighted by atomic mass is 16.3. The van der Waals surface area contributed by atoms with Crippen LogP contribution in [0.3, 0.4) is 0 Å². The summed E-state index contributed by atoms with van der Waals surface area (Å²) in [5.74, 6) is 0.0483. The first kappa shape index (κ1) is 7.54. The van der Waals surface area contributed by atoms with Gasteiger partial charge >= 0.3 is 0 Å². The Morgan fingerprint density at radius 2 is 2.30 bits per heavy atom. The largest absolute Gasteiger partial charge is 0.388 e. The molecular formula is C7H13NO2. The summed E-state index contributed by atoms with van der Waals surface area (Å²) in [4.78, 5) is 10.7. The lowest BCUT2D eigenvalue weighted by Gasteiger charge is -2.24. The molecule has 3 heteroatoms. The summed E-state index contributed by atoms with van der Waals surface area (Å²) < 4.78 is 0. The molecule has 1 unspecified atom stereocenters. The molecule has 0 aromatic rings. The minimum atomic E-state index is -0.772. The SMILES string of the molecule is CC(C)(O)C1CCC(=O)N1. The minimum absolute atomic E-state index is 0.0483. The van der Waals surface area contributed by atoms with Gasteiger partial charge in [-0.2, -0.15) is 0 Å². The van der Waals surface area contributed by atoms with Crippen molar-refractivity contribution in [3.63, 3.8) is 0 Å². The third kappa shape index (κ3) is 1.48. The van der Waals surface area contributed by atoms with Crippen molar-refractivity contribution in [1.82, 2.24) is 5.32 Å². The lowest BCUT2D eigenvalue weighted by atomic mass is 9.98. The Kier molecular flexibility index (Phi) is 1.68. The highest BCUT2D eigenvalue weighted by Crippen LogP contribution is 2.18. The predicted molar refractivity (Wildman–Crippen MR) is 37.5 cm³/mol. The van der Waals surface area contributed by atoms with E-state index in [2.05, 4.69) is 5.32 Å². The van der Waals surface area contributed by atoms with Crippen LogP contribution in [0.15, 0.2) is 0 Å². The van der Waals surface area contributed by atoms with Crippen LogP contribution in [0.2, 0.25) is 0 Å². The molecule has 58 valence electrons. The number of aliphatic hydroxyl groups is 1. The molecule has 3 nitrogen and oxygen atoms in total. The summed E-state index contributed by atoms with van der Waals surface area (Å²) in [7, 11) is 0. The third-order valence-electron chi connectivity index (χ3n) is 1.85. The summed E-state index contributed by atoms with van der Waals surface area (Å²) >= 11 is 0. The van der Waals surface area contributed by atoms with Crippen molar-refractivity contribution >= 4 is 5.91 Å². The van der Waals surface area contributed by atoms with Crippen LogP contribution in [0, 0.1) is 0 Å². The van der Waals surface area contributed by atoms with E-state index in [1.807, 2.05) is 0 Å². The van der Waals surface area contributed by atoms with Gasteiger partial charge in [0.1, 0.15) is 0 Å². The molecule has 1 amide bonds. The zero-order chi connectivity index (χ0) is 7.78. The van der Waals surface area contributed by atoms with Gasteiger partial charge in [-0.05, 0) is 20.3 Å². The molecule has 0 aromatic carbocycles. The standard InChI is InChI=1S/C7H13NO2/c1-7(2,10)5-3-4-6(9)8-5/h5,10H,3-4H2,1-2H3,(H,8,9). The van der Waals surface area contributed by atoms with Gasteiger partial charge in [-0.15, -0.1) is 0 Å². The Balaban J connectivity index is 2.53. The molecule has 1 heterocycles. The van der Waals surface area contributed by atoms with E-state index in [1.54, 1.807) is 13.8 Å². The zero-order valence-electron chi connectivity index (χ0n) is 6.35. The fraction of sp³-hybridized carbons (Fsp3) is 0.857. The van der Waals surface area contributed by atoms with Crippen molar-refractivity contribution in [3.05, 3.63) is 0 Å². The number of carbonyl (C=O) groups is 1. The summed E-state index contributed by atoms with van der Waals surface area (Å²) in [6.45, 7) is 3.42. The second-order valence-corrected chi connectivity index (χ2v) is 3.31. The first-order valence-corrected chi connectivity index (χ1v) is 3.52. The molecule has 1 aliphatic heterocycles. The molecule has 0 bridgehead atoms. The van der Waals surface area contributed by atoms with Crippen molar-refractivity contribution in [2.24, 2.45) is 0 Å². The van der Waals surface area contributed by atoms with E-state index >= 15 is 0 Å². The molecule has 0 spiro atoms. The number of hydrogen-bond acceptors (Lipinski definition) is 2. The minimum Gasteiger partial charge on any atom is -0.388 e. The average molecular weight is 143 g/mol. The molecule has 1 aliphatic rings. The number of carbonyl (C=O) groups excluding carboxylic acids is 1. The average Bonchev–Trinajstić information content (AvgIpc) is 2.11. The molecule has 1 fully saturated rings. The normalized spacial score (nSPS) is 26.7. The Morgan fingerprint density at radius 3 is 2.50 bits per heavy atom. The number of amides is 1. The summed E-state index contributed by atoms with van der Waals surface area (Å²) in [6, 6.07) is -0.0556. The van der Waals surface area contributed by atoms with Crippen LogP contribution in [-0.2, 0) is 4.79 Å². The Bertz CT molecular complexity index is 148. The molecular weight excluding hydrogens is 130 g/mol. The maximum absolute atomic E-state index is 10.7. The number of hydrogen-bond donors (Lipinski definition) is 2. The molecule has 0 radical (unpaired) electrons. The van der Waals surface area contributed by atoms with E-state index in [9.17, 15) is 9.90 Å². The van der Waals surface area contributed by atoms with Crippen LogP contribution < -0.4 is 5.32 Å². The predicted octanol–water partition coefficient (Wildman–Crippen LogP) is 0.0359. The molecule has 0 saturated carbocycles. The van der Waals surface area contributed by atoms with Gasteiger partial charge in [-0.25, -0.2) is 0 Å². The first-order valence-electron chi connectivity index (χ1n) is 3.52. The summed E-state index contributed by atoms with van der Waals surface area (Å²) in [5, 5.41) is 12.1. The maximum atomic E-state index is 10.7. The van der Waals surface area contributed by atoms with Gasteiger partial charge < -0.3 is 10.4 Å². The van der Waals surface area contributed by atoms with Crippen LogP contribution >= 0.6 is 0 Å². The Labute approximate surface area is 60.4 Å². The lowest BCUT2D eigenvalue weighted by Crippen LogP contribution is -2.43. The van der Waals surface area contributed by atoms with Gasteiger partial charge in [0, 0.05) is 6.42 Å². The molecule has 2 N–H and O–H groups in total. The second kappa shape index (κ2) is 2.23. The van der Waals surface area contributed by atoms with Gasteiger partial charge in [-0.3, -0.25) is 4.79 Å². The molecule has 1 saturated heterocycles. The van der Waals surface area contributed by atoms with Gasteiger partial charge in [0.15, 0.2) is 0 Å². The third-order valence-corrected chi connectivity index (χ3v) is 1.85. The van der Waals surface area contributed by atoms with E-state index < -0.39 is 5.60 Å². The van der Waals surface area contributed by atoms with E-state index in [0.717, 1.165) is 6.42 Å². The van der Waals surface area contributed by atoms with Gasteiger partial charge in [0.25, 0.3) is 0 Å². The van der Waals surface area contributed by atoms with Crippen molar-refractivity contribution in [2.45, 2.75) is 38.3 Å². The van der Waals surface area contributed by atoms with Crippen molar-refractivity contribution in [1.29, 1.82) is 0 Å². The van der Waals surface area contributed by atoms with Gasteiger partial charge in [0.05, 0.1) is 11.6 Å². The second-order valence-electron chi connectivity index (χ2n) is 3.31. The highest BCUT2D eigenvalue weighted by Gasteiger charge is 2.32. The molecule has 0 aliphatic carbocycles. The van der Waals surface area contributed by atoms with Crippen LogP contribution in [0.4, 0.5) is 0 Å². The van der Waals surface area contributed by atoms with Gasteiger partial charge in [0.2, 0.25) is 5.91 Å². The number of nitrogens with one attached hydrogen (secondary N) is 1. The number of rotatable bonds is 1. The maximum Gasteiger partial charge on any atom is 0.220 e. The topological polar surface area (TPSA) is 49.3 Å². The van der Waals surface area contributed by atoms with Crippen molar-refractivity contribution < 1.29 is 9.90 Å². The molecule has 1 rings (SSSR count). The van der Waals surface area contributed by atoms with Gasteiger partial charge in [-0.1, -0.05) is 0 Å². The van der Waals surface area contributed by atoms with Crippen LogP contribution in [0.5, 0.6) is 0 Å². The zero-order valence-corrected chi connectivity index (χ0v) is 6.35. The van der Waals surface area contributed by atoms with E-state index in [0.29, 0.717) is 6.42 Å². The Hall–Kier alpha value is -0.570.